The molecule has 0 fully saturated rings. The summed E-state index contributed by atoms with van der Waals surface area (Å²) in [4.78, 5) is 29.5. The van der Waals surface area contributed by atoms with E-state index in [2.05, 4.69) is 15.6 Å². The number of anilines is 1. The van der Waals surface area contributed by atoms with Gasteiger partial charge in [-0.2, -0.15) is 0 Å². The minimum Gasteiger partial charge on any atom is -0.497 e. The van der Waals surface area contributed by atoms with Gasteiger partial charge >= 0.3 is 0 Å². The quantitative estimate of drug-likeness (QED) is 0.291. The monoisotopic (exact) mass is 519 g/mol. The highest BCUT2D eigenvalue weighted by Gasteiger charge is 2.32. The molecule has 0 bridgehead atoms. The number of rotatable bonds is 9. The topological polar surface area (TPSA) is 89.4 Å². The fourth-order valence-corrected chi connectivity index (χ4v) is 4.46. The smallest absolute Gasteiger partial charge is 0.251 e. The van der Waals surface area contributed by atoms with Crippen LogP contribution in [0.25, 0.3) is 11.0 Å². The molecule has 2 amide bonds. The highest BCUT2D eigenvalue weighted by Crippen LogP contribution is 2.27. The summed E-state index contributed by atoms with van der Waals surface area (Å²) in [6, 6.07) is 31.0. The van der Waals surface area contributed by atoms with Crippen LogP contribution in [0.3, 0.4) is 0 Å². The number of carbonyl (C=O) groups is 2. The van der Waals surface area contributed by atoms with Crippen LogP contribution in [0.15, 0.2) is 103 Å². The number of benzene rings is 4. The zero-order valence-electron chi connectivity index (χ0n) is 21.8. The number of nitrogens with zero attached hydrogens (tertiary/aromatic N) is 4. The van der Waals surface area contributed by atoms with Crippen LogP contribution in [0.4, 0.5) is 5.69 Å². The summed E-state index contributed by atoms with van der Waals surface area (Å²) in [6.45, 7) is 2.18. The molecule has 1 N–H and O–H groups in total. The summed E-state index contributed by atoms with van der Waals surface area (Å²) in [5.74, 6) is 0.101. The summed E-state index contributed by atoms with van der Waals surface area (Å²) in [5, 5.41) is 11.4. The summed E-state index contributed by atoms with van der Waals surface area (Å²) in [7, 11) is 1.59. The number of ether oxygens (including phenoxy) is 1. The van der Waals surface area contributed by atoms with Gasteiger partial charge in [-0.15, -0.1) is 5.10 Å². The van der Waals surface area contributed by atoms with Crippen LogP contribution in [0, 0.1) is 6.92 Å². The molecule has 1 atom stereocenters. The van der Waals surface area contributed by atoms with Gasteiger partial charge in [-0.1, -0.05) is 77.5 Å². The van der Waals surface area contributed by atoms with Gasteiger partial charge in [-0.25, -0.2) is 4.68 Å². The largest absolute Gasteiger partial charge is 0.497 e. The first-order valence-electron chi connectivity index (χ1n) is 12.6. The van der Waals surface area contributed by atoms with E-state index >= 15 is 0 Å². The molecule has 5 aromatic rings. The molecule has 196 valence electrons. The molecule has 8 nitrogen and oxygen atoms in total. The number of carbonyl (C=O) groups excluding carboxylic acids is 2. The zero-order valence-corrected chi connectivity index (χ0v) is 21.8. The minimum absolute atomic E-state index is 0.0640. The standard InChI is InChI=1S/C31H29N5O3/c1-22-12-14-23(15-13-22)20-35(29(37)21-36-28-11-7-6-10-27(28)33-34-36)30(24-8-4-3-5-9-24)31(38)32-25-16-18-26(39-2)19-17-25/h3-19,30H,20-21H2,1-2H3,(H,32,38)/t30-/m1/s1. The highest BCUT2D eigenvalue weighted by atomic mass is 16.5. The zero-order chi connectivity index (χ0) is 27.2. The molecule has 0 radical (unpaired) electrons. The average molecular weight is 520 g/mol. The Labute approximate surface area is 226 Å². The first-order chi connectivity index (χ1) is 19.0. The average Bonchev–Trinajstić information content (AvgIpc) is 3.37. The van der Waals surface area contributed by atoms with E-state index in [1.165, 1.54) is 0 Å². The SMILES string of the molecule is COc1ccc(NC(=O)[C@@H](c2ccccc2)N(Cc2ccc(C)cc2)C(=O)Cn2nnc3ccccc32)cc1. The number of methoxy groups -OCH3 is 1. The first-order valence-corrected chi connectivity index (χ1v) is 12.6. The van der Waals surface area contributed by atoms with Crippen LogP contribution in [0.5, 0.6) is 5.75 Å². The van der Waals surface area contributed by atoms with Gasteiger partial charge in [0.25, 0.3) is 5.91 Å². The van der Waals surface area contributed by atoms with E-state index in [4.69, 9.17) is 4.74 Å². The fraction of sp³-hybridized carbons (Fsp3) is 0.161. The van der Waals surface area contributed by atoms with Crippen molar-refractivity contribution in [1.29, 1.82) is 0 Å². The predicted octanol–water partition coefficient (Wildman–Crippen LogP) is 5.16. The fourth-order valence-electron chi connectivity index (χ4n) is 4.46. The van der Waals surface area contributed by atoms with Crippen molar-refractivity contribution in [1.82, 2.24) is 19.9 Å². The summed E-state index contributed by atoms with van der Waals surface area (Å²) >= 11 is 0. The van der Waals surface area contributed by atoms with Crippen molar-refractivity contribution in [3.05, 3.63) is 120 Å². The minimum atomic E-state index is -0.892. The molecule has 0 spiro atoms. The van der Waals surface area contributed by atoms with Crippen LogP contribution in [-0.4, -0.2) is 38.8 Å². The third-order valence-corrected chi connectivity index (χ3v) is 6.53. The lowest BCUT2D eigenvalue weighted by molar-refractivity contribution is -0.140. The molecule has 0 aliphatic rings. The molecule has 0 aliphatic heterocycles. The van der Waals surface area contributed by atoms with Gasteiger partial charge in [0.2, 0.25) is 5.91 Å². The maximum atomic E-state index is 14.0. The second-order valence-electron chi connectivity index (χ2n) is 9.27. The van der Waals surface area contributed by atoms with Crippen molar-refractivity contribution < 1.29 is 14.3 Å². The van der Waals surface area contributed by atoms with E-state index in [1.54, 1.807) is 41.0 Å². The number of aryl methyl sites for hydroxylation is 1. The number of amides is 2. The third-order valence-electron chi connectivity index (χ3n) is 6.53. The Morgan fingerprint density at radius 3 is 2.31 bits per heavy atom. The Morgan fingerprint density at radius 1 is 0.897 bits per heavy atom. The first kappa shape index (κ1) is 25.7. The van der Waals surface area contributed by atoms with E-state index < -0.39 is 6.04 Å². The lowest BCUT2D eigenvalue weighted by Crippen LogP contribution is -2.42. The Morgan fingerprint density at radius 2 is 1.59 bits per heavy atom. The Balaban J connectivity index is 1.52. The van der Waals surface area contributed by atoms with E-state index in [0.717, 1.165) is 16.6 Å². The van der Waals surface area contributed by atoms with Gasteiger partial charge in [-0.05, 0) is 54.4 Å². The number of hydrogen-bond donors (Lipinski definition) is 1. The molecule has 4 aromatic carbocycles. The summed E-state index contributed by atoms with van der Waals surface area (Å²) in [6.07, 6.45) is 0. The highest BCUT2D eigenvalue weighted by molar-refractivity contribution is 5.98. The number of hydrogen-bond acceptors (Lipinski definition) is 5. The van der Waals surface area contributed by atoms with Crippen molar-refractivity contribution in [3.8, 4) is 5.75 Å². The Kier molecular flexibility index (Phi) is 7.63. The lowest BCUT2D eigenvalue weighted by Gasteiger charge is -2.31. The van der Waals surface area contributed by atoms with Gasteiger partial charge in [0.05, 0.1) is 12.6 Å². The van der Waals surface area contributed by atoms with E-state index in [-0.39, 0.29) is 24.9 Å². The molecular formula is C31H29N5O3. The van der Waals surface area contributed by atoms with Crippen molar-refractivity contribution in [2.75, 3.05) is 12.4 Å². The summed E-state index contributed by atoms with van der Waals surface area (Å²) < 4.78 is 6.81. The van der Waals surface area contributed by atoms with Crippen molar-refractivity contribution in [3.63, 3.8) is 0 Å². The predicted molar refractivity (Wildman–Crippen MR) is 150 cm³/mol. The second kappa shape index (κ2) is 11.6. The molecule has 1 aromatic heterocycles. The van der Waals surface area contributed by atoms with Crippen molar-refractivity contribution in [2.45, 2.75) is 26.1 Å². The Hall–Kier alpha value is -4.98. The maximum Gasteiger partial charge on any atom is 0.251 e. The third kappa shape index (κ3) is 5.96. The van der Waals surface area contributed by atoms with Gasteiger partial charge in [-0.3, -0.25) is 9.59 Å². The van der Waals surface area contributed by atoms with Crippen LogP contribution in [0.1, 0.15) is 22.7 Å². The van der Waals surface area contributed by atoms with Gasteiger partial charge in [0, 0.05) is 12.2 Å². The van der Waals surface area contributed by atoms with Crippen LogP contribution in [0.2, 0.25) is 0 Å². The van der Waals surface area contributed by atoms with E-state index in [9.17, 15) is 9.59 Å². The molecule has 0 saturated carbocycles. The number of nitrogens with one attached hydrogen (secondary N) is 1. The van der Waals surface area contributed by atoms with Crippen LogP contribution < -0.4 is 10.1 Å². The van der Waals surface area contributed by atoms with Gasteiger partial charge in [0.1, 0.15) is 23.9 Å². The lowest BCUT2D eigenvalue weighted by atomic mass is 10.0. The van der Waals surface area contributed by atoms with Crippen LogP contribution in [-0.2, 0) is 22.7 Å². The molecule has 39 heavy (non-hydrogen) atoms. The van der Waals surface area contributed by atoms with E-state index in [0.29, 0.717) is 22.5 Å². The van der Waals surface area contributed by atoms with Gasteiger partial charge in [0.15, 0.2) is 0 Å². The number of fused-ring (bicyclic) bond motifs is 1. The molecule has 0 saturated heterocycles. The number of para-hydroxylation sites is 1. The summed E-state index contributed by atoms with van der Waals surface area (Å²) in [5.41, 5.74) is 4.78. The van der Waals surface area contributed by atoms with Crippen molar-refractivity contribution in [2.24, 2.45) is 0 Å². The van der Waals surface area contributed by atoms with Crippen LogP contribution >= 0.6 is 0 Å². The molecule has 1 heterocycles. The molecule has 0 unspecified atom stereocenters. The molecule has 5 rings (SSSR count). The Bertz CT molecular complexity index is 1560. The molecule has 8 heteroatoms. The maximum absolute atomic E-state index is 14.0. The number of aromatic nitrogens is 3. The molecule has 0 aliphatic carbocycles. The van der Waals surface area contributed by atoms with E-state index in [1.807, 2.05) is 85.8 Å². The normalized spacial score (nSPS) is 11.6. The van der Waals surface area contributed by atoms with Gasteiger partial charge < -0.3 is 15.0 Å². The van der Waals surface area contributed by atoms with Crippen molar-refractivity contribution >= 4 is 28.5 Å². The molecular weight excluding hydrogens is 490 g/mol. The second-order valence-corrected chi connectivity index (χ2v) is 9.27.